The summed E-state index contributed by atoms with van der Waals surface area (Å²) in [5.41, 5.74) is 0. The molecule has 4 nitrogen and oxygen atoms in total. The number of sulfonamides is 1. The molecule has 18 heavy (non-hydrogen) atoms. The van der Waals surface area contributed by atoms with Crippen LogP contribution in [-0.2, 0) is 10.0 Å². The van der Waals surface area contributed by atoms with Gasteiger partial charge in [-0.15, -0.1) is 0 Å². The van der Waals surface area contributed by atoms with Crippen molar-refractivity contribution < 1.29 is 13.2 Å². The Bertz CT molecular complexity index is 471. The van der Waals surface area contributed by atoms with Crippen LogP contribution in [0.15, 0.2) is 29.2 Å². The highest BCUT2D eigenvalue weighted by molar-refractivity contribution is 9.09. The van der Waals surface area contributed by atoms with Gasteiger partial charge in [-0.25, -0.2) is 12.7 Å². The van der Waals surface area contributed by atoms with Crippen molar-refractivity contribution in [2.45, 2.75) is 23.1 Å². The van der Waals surface area contributed by atoms with Crippen molar-refractivity contribution >= 4 is 26.0 Å². The van der Waals surface area contributed by atoms with Crippen LogP contribution in [0, 0.1) is 0 Å². The van der Waals surface area contributed by atoms with E-state index in [-0.39, 0.29) is 4.90 Å². The van der Waals surface area contributed by atoms with Crippen molar-refractivity contribution in [3.05, 3.63) is 24.3 Å². The third-order valence-corrected chi connectivity index (χ3v) is 4.94. The van der Waals surface area contributed by atoms with Gasteiger partial charge in [0.1, 0.15) is 5.75 Å². The van der Waals surface area contributed by atoms with Crippen LogP contribution in [0.2, 0.25) is 0 Å². The maximum atomic E-state index is 12.2. The molecule has 0 aliphatic heterocycles. The predicted molar refractivity (Wildman–Crippen MR) is 75.8 cm³/mol. The lowest BCUT2D eigenvalue weighted by Crippen LogP contribution is -2.28. The quantitative estimate of drug-likeness (QED) is 0.750. The van der Waals surface area contributed by atoms with E-state index in [9.17, 15) is 8.42 Å². The van der Waals surface area contributed by atoms with E-state index in [4.69, 9.17) is 4.74 Å². The topological polar surface area (TPSA) is 46.6 Å². The maximum Gasteiger partial charge on any atom is 0.242 e. The molecule has 0 saturated carbocycles. The molecular weight excluding hydrogens is 318 g/mol. The van der Waals surface area contributed by atoms with E-state index in [2.05, 4.69) is 15.9 Å². The molecule has 0 saturated heterocycles. The van der Waals surface area contributed by atoms with Crippen molar-refractivity contribution in [1.29, 1.82) is 0 Å². The van der Waals surface area contributed by atoms with Gasteiger partial charge in [0.2, 0.25) is 10.0 Å². The average molecular weight is 336 g/mol. The fourth-order valence-electron chi connectivity index (χ4n) is 1.41. The van der Waals surface area contributed by atoms with Gasteiger partial charge in [0.05, 0.1) is 12.0 Å². The summed E-state index contributed by atoms with van der Waals surface area (Å²) in [5, 5.41) is 0. The van der Waals surface area contributed by atoms with Crippen molar-refractivity contribution in [3.63, 3.8) is 0 Å². The zero-order chi connectivity index (χ0) is 13.8. The summed E-state index contributed by atoms with van der Waals surface area (Å²) in [5.74, 6) is 0.644. The van der Waals surface area contributed by atoms with E-state index in [1.54, 1.807) is 38.4 Å². The number of methoxy groups -OCH3 is 1. The molecule has 0 fully saturated rings. The van der Waals surface area contributed by atoms with Gasteiger partial charge in [-0.05, 0) is 30.7 Å². The molecule has 0 heterocycles. The molecule has 6 heteroatoms. The van der Waals surface area contributed by atoms with Gasteiger partial charge >= 0.3 is 0 Å². The normalized spacial score (nSPS) is 13.6. The first-order valence-corrected chi connectivity index (χ1v) is 7.98. The summed E-state index contributed by atoms with van der Waals surface area (Å²) in [6.45, 7) is 2.48. The van der Waals surface area contributed by atoms with Crippen molar-refractivity contribution in [1.82, 2.24) is 4.31 Å². The van der Waals surface area contributed by atoms with Crippen LogP contribution in [0.3, 0.4) is 0 Å². The van der Waals surface area contributed by atoms with Crippen LogP contribution in [0.5, 0.6) is 5.75 Å². The molecule has 0 N–H and O–H groups in total. The van der Waals surface area contributed by atoms with Gasteiger partial charge in [-0.2, -0.15) is 0 Å². The molecule has 102 valence electrons. The van der Waals surface area contributed by atoms with Gasteiger partial charge in [0.25, 0.3) is 0 Å². The molecule has 1 unspecified atom stereocenters. The molecule has 1 rings (SSSR count). The highest BCUT2D eigenvalue weighted by atomic mass is 79.9. The smallest absolute Gasteiger partial charge is 0.242 e. The SMILES string of the molecule is COc1ccc(S(=O)(=O)N(C)CCC(C)Br)cc1. The Kier molecular flexibility index (Phi) is 5.62. The van der Waals surface area contributed by atoms with Gasteiger partial charge in [-0.3, -0.25) is 0 Å². The molecule has 0 amide bonds. The lowest BCUT2D eigenvalue weighted by Gasteiger charge is -2.18. The number of nitrogens with zero attached hydrogens (tertiary/aromatic N) is 1. The molecule has 1 aromatic rings. The second kappa shape index (κ2) is 6.54. The van der Waals surface area contributed by atoms with E-state index < -0.39 is 10.0 Å². The summed E-state index contributed by atoms with van der Waals surface area (Å²) in [6, 6.07) is 6.41. The fourth-order valence-corrected chi connectivity index (χ4v) is 2.80. The lowest BCUT2D eigenvalue weighted by atomic mass is 10.3. The number of halogens is 1. The van der Waals surface area contributed by atoms with E-state index >= 15 is 0 Å². The van der Waals surface area contributed by atoms with E-state index in [0.29, 0.717) is 17.1 Å². The summed E-state index contributed by atoms with van der Waals surface area (Å²) in [7, 11) is -0.262. The molecular formula is C12H18BrNO3S. The Morgan fingerprint density at radius 3 is 2.33 bits per heavy atom. The van der Waals surface area contributed by atoms with Gasteiger partial charge < -0.3 is 4.74 Å². The van der Waals surface area contributed by atoms with E-state index in [1.807, 2.05) is 6.92 Å². The summed E-state index contributed by atoms with van der Waals surface area (Å²) in [6.07, 6.45) is 0.770. The highest BCUT2D eigenvalue weighted by Gasteiger charge is 2.20. The third-order valence-electron chi connectivity index (χ3n) is 2.61. The highest BCUT2D eigenvalue weighted by Crippen LogP contribution is 2.19. The van der Waals surface area contributed by atoms with E-state index in [1.165, 1.54) is 4.31 Å². The molecule has 0 bridgehead atoms. The van der Waals surface area contributed by atoms with Crippen LogP contribution in [0.25, 0.3) is 0 Å². The Balaban J connectivity index is 2.84. The summed E-state index contributed by atoms with van der Waals surface area (Å²) < 4.78 is 30.8. The van der Waals surface area contributed by atoms with Crippen LogP contribution < -0.4 is 4.74 Å². The first-order valence-electron chi connectivity index (χ1n) is 5.62. The monoisotopic (exact) mass is 335 g/mol. The molecule has 0 radical (unpaired) electrons. The maximum absolute atomic E-state index is 12.2. The summed E-state index contributed by atoms with van der Waals surface area (Å²) >= 11 is 3.41. The van der Waals surface area contributed by atoms with Gasteiger partial charge in [0.15, 0.2) is 0 Å². The minimum Gasteiger partial charge on any atom is -0.497 e. The van der Waals surface area contributed by atoms with Gasteiger partial charge in [0, 0.05) is 18.4 Å². The second-order valence-corrected chi connectivity index (χ2v) is 7.68. The van der Waals surface area contributed by atoms with Crippen molar-refractivity contribution in [3.8, 4) is 5.75 Å². The Morgan fingerprint density at radius 1 is 1.33 bits per heavy atom. The van der Waals surface area contributed by atoms with Crippen molar-refractivity contribution in [2.24, 2.45) is 0 Å². The Hall–Kier alpha value is -0.590. The van der Waals surface area contributed by atoms with Crippen LogP contribution in [0.1, 0.15) is 13.3 Å². The molecule has 1 aromatic carbocycles. The second-order valence-electron chi connectivity index (χ2n) is 4.07. The third kappa shape index (κ3) is 3.96. The average Bonchev–Trinajstić information content (AvgIpc) is 2.35. The van der Waals surface area contributed by atoms with Crippen LogP contribution in [0.4, 0.5) is 0 Å². The predicted octanol–water partition coefficient (Wildman–Crippen LogP) is 2.49. The number of rotatable bonds is 6. The molecule has 1 atom stereocenters. The van der Waals surface area contributed by atoms with Crippen LogP contribution >= 0.6 is 15.9 Å². The minimum atomic E-state index is -3.40. The first kappa shape index (κ1) is 15.5. The zero-order valence-electron chi connectivity index (χ0n) is 10.8. The van der Waals surface area contributed by atoms with Crippen LogP contribution in [-0.4, -0.2) is 38.3 Å². The largest absolute Gasteiger partial charge is 0.497 e. The zero-order valence-corrected chi connectivity index (χ0v) is 13.2. The molecule has 0 aliphatic rings. The van der Waals surface area contributed by atoms with E-state index in [0.717, 1.165) is 6.42 Å². The number of benzene rings is 1. The number of ether oxygens (including phenoxy) is 1. The minimum absolute atomic E-state index is 0.285. The Labute approximate surface area is 117 Å². The number of alkyl halides is 1. The standard InChI is InChI=1S/C12H18BrNO3S/c1-10(13)8-9-14(2)18(15,16)12-6-4-11(17-3)5-7-12/h4-7,10H,8-9H2,1-3H3. The van der Waals surface area contributed by atoms with Crippen molar-refractivity contribution in [2.75, 3.05) is 20.7 Å². The number of hydrogen-bond donors (Lipinski definition) is 0. The van der Waals surface area contributed by atoms with Gasteiger partial charge in [-0.1, -0.05) is 22.9 Å². The fraction of sp³-hybridized carbons (Fsp3) is 0.500. The molecule has 0 spiro atoms. The Morgan fingerprint density at radius 2 is 1.89 bits per heavy atom. The number of hydrogen-bond acceptors (Lipinski definition) is 3. The lowest BCUT2D eigenvalue weighted by molar-refractivity contribution is 0.414. The first-order chi connectivity index (χ1) is 8.37. The molecule has 0 aliphatic carbocycles. The summed E-state index contributed by atoms with van der Waals surface area (Å²) in [4.78, 5) is 0.582. The molecule has 0 aromatic heterocycles.